The van der Waals surface area contributed by atoms with E-state index >= 15 is 0 Å². The van der Waals surface area contributed by atoms with E-state index in [0.29, 0.717) is 11.8 Å². The maximum atomic E-state index is 4.21. The smallest absolute Gasteiger partial charge is 0.0716 e. The monoisotopic (exact) mass is 752 g/mol. The van der Waals surface area contributed by atoms with E-state index in [0.717, 1.165) is 17.6 Å². The molecule has 0 radical (unpaired) electrons. The SMILES string of the molecule is C=CC(/C=C\C=C(/C=C/C)c1cccc(-c2ccc3c(c2)C2(C(=C\C(C)C)/C=C\C=C/c4ccccc42)c2ccccc2-3)c1)=C\C1=C(C)C2=C(C(C)CC=C2)C1(C)C. The van der Waals surface area contributed by atoms with Crippen molar-refractivity contribution < 1.29 is 0 Å². The Morgan fingerprint density at radius 2 is 1.53 bits per heavy atom. The van der Waals surface area contributed by atoms with Gasteiger partial charge in [0.25, 0.3) is 0 Å². The van der Waals surface area contributed by atoms with Crippen LogP contribution in [0, 0.1) is 17.3 Å². The Balaban J connectivity index is 1.19. The molecule has 0 heterocycles. The van der Waals surface area contributed by atoms with Gasteiger partial charge in [0.15, 0.2) is 0 Å². The second-order valence-corrected chi connectivity index (χ2v) is 17.2. The third-order valence-corrected chi connectivity index (χ3v) is 12.7. The highest BCUT2D eigenvalue weighted by atomic mass is 14.5. The van der Waals surface area contributed by atoms with Crippen molar-refractivity contribution in [1.29, 1.82) is 0 Å². The van der Waals surface area contributed by atoms with Crippen molar-refractivity contribution >= 4 is 11.6 Å². The maximum absolute atomic E-state index is 4.21. The minimum atomic E-state index is -0.453. The fraction of sp³-hybridized carbons (Fsp3) is 0.207. The number of hydrogen-bond acceptors (Lipinski definition) is 0. The summed E-state index contributed by atoms with van der Waals surface area (Å²) in [6, 6.07) is 34.2. The third kappa shape index (κ3) is 6.59. The van der Waals surface area contributed by atoms with Gasteiger partial charge in [-0.1, -0.05) is 205 Å². The Bertz CT molecular complexity index is 2620. The van der Waals surface area contributed by atoms with Crippen molar-refractivity contribution in [3.05, 3.63) is 238 Å². The van der Waals surface area contributed by atoms with Crippen LogP contribution in [0.3, 0.4) is 0 Å². The Hall–Kier alpha value is -5.98. The summed E-state index contributed by atoms with van der Waals surface area (Å²) in [5, 5.41) is 0. The van der Waals surface area contributed by atoms with E-state index in [1.165, 1.54) is 72.4 Å². The minimum absolute atomic E-state index is 0.00298. The second-order valence-electron chi connectivity index (χ2n) is 17.2. The van der Waals surface area contributed by atoms with Crippen molar-refractivity contribution in [2.24, 2.45) is 17.3 Å². The average molecular weight is 753 g/mol. The van der Waals surface area contributed by atoms with Gasteiger partial charge in [-0.3, -0.25) is 0 Å². The fourth-order valence-electron chi connectivity index (χ4n) is 10.3. The molecule has 0 N–H and O–H groups in total. The topological polar surface area (TPSA) is 0 Å². The normalized spacial score (nSPS) is 22.8. The molecule has 0 saturated carbocycles. The van der Waals surface area contributed by atoms with Crippen molar-refractivity contribution in [3.8, 4) is 22.3 Å². The van der Waals surface area contributed by atoms with Crippen LogP contribution in [-0.2, 0) is 5.41 Å². The Labute approximate surface area is 347 Å². The van der Waals surface area contributed by atoms with Gasteiger partial charge >= 0.3 is 0 Å². The minimum Gasteiger partial charge on any atom is -0.0985 e. The van der Waals surface area contributed by atoms with Crippen LogP contribution in [0.4, 0.5) is 0 Å². The molecule has 0 bridgehead atoms. The maximum Gasteiger partial charge on any atom is 0.0716 e. The van der Waals surface area contributed by atoms with Gasteiger partial charge in [0.1, 0.15) is 0 Å². The van der Waals surface area contributed by atoms with Crippen molar-refractivity contribution in [2.75, 3.05) is 0 Å². The van der Waals surface area contributed by atoms with Crippen LogP contribution in [0.25, 0.3) is 33.9 Å². The van der Waals surface area contributed by atoms with E-state index in [1.807, 2.05) is 6.08 Å². The van der Waals surface area contributed by atoms with E-state index in [2.05, 4.69) is 225 Å². The van der Waals surface area contributed by atoms with Gasteiger partial charge in [-0.15, -0.1) is 0 Å². The number of rotatable bonds is 8. The zero-order chi connectivity index (χ0) is 40.6. The molecule has 288 valence electrons. The van der Waals surface area contributed by atoms with E-state index in [1.54, 1.807) is 5.57 Å². The van der Waals surface area contributed by atoms with E-state index in [-0.39, 0.29) is 5.41 Å². The second kappa shape index (κ2) is 15.8. The van der Waals surface area contributed by atoms with Gasteiger partial charge in [0.05, 0.1) is 5.41 Å². The largest absolute Gasteiger partial charge is 0.0985 e. The zero-order valence-corrected chi connectivity index (χ0v) is 35.3. The molecule has 0 amide bonds. The van der Waals surface area contributed by atoms with Crippen molar-refractivity contribution in [1.82, 2.24) is 0 Å². The summed E-state index contributed by atoms with van der Waals surface area (Å²) in [4.78, 5) is 0. The molecule has 0 saturated heterocycles. The van der Waals surface area contributed by atoms with E-state index < -0.39 is 5.41 Å². The highest BCUT2D eigenvalue weighted by Crippen LogP contribution is 2.58. The van der Waals surface area contributed by atoms with Crippen LogP contribution in [0.1, 0.15) is 82.7 Å². The van der Waals surface area contributed by atoms with Crippen LogP contribution in [-0.4, -0.2) is 0 Å². The molecule has 0 aromatic heterocycles. The van der Waals surface area contributed by atoms with Crippen molar-refractivity contribution in [3.63, 3.8) is 0 Å². The Kier molecular flexibility index (Phi) is 10.6. The lowest BCUT2D eigenvalue weighted by Gasteiger charge is -2.37. The molecule has 2 atom stereocenters. The predicted octanol–water partition coefficient (Wildman–Crippen LogP) is 15.7. The summed E-state index contributed by atoms with van der Waals surface area (Å²) < 4.78 is 0. The summed E-state index contributed by atoms with van der Waals surface area (Å²) in [6.07, 6.45) is 32.5. The highest BCUT2D eigenvalue weighted by Gasteiger charge is 2.48. The molecule has 4 aliphatic carbocycles. The molecule has 1 spiro atoms. The zero-order valence-electron chi connectivity index (χ0n) is 35.3. The first-order valence-electron chi connectivity index (χ1n) is 21.1. The first-order chi connectivity index (χ1) is 28.1. The summed E-state index contributed by atoms with van der Waals surface area (Å²) in [7, 11) is 0. The number of allylic oxidation sites excluding steroid dienone is 20. The van der Waals surface area contributed by atoms with E-state index in [4.69, 9.17) is 0 Å². The van der Waals surface area contributed by atoms with Crippen LogP contribution in [0.15, 0.2) is 210 Å². The summed E-state index contributed by atoms with van der Waals surface area (Å²) >= 11 is 0. The molecule has 0 fully saturated rings. The van der Waals surface area contributed by atoms with Crippen LogP contribution in [0.2, 0.25) is 0 Å². The van der Waals surface area contributed by atoms with Gasteiger partial charge < -0.3 is 0 Å². The molecular weight excluding hydrogens is 697 g/mol. The van der Waals surface area contributed by atoms with Gasteiger partial charge in [-0.2, -0.15) is 0 Å². The van der Waals surface area contributed by atoms with E-state index in [9.17, 15) is 0 Å². The number of fused-ring (bicyclic) bond motifs is 7. The lowest BCUT2D eigenvalue weighted by Crippen LogP contribution is -2.30. The molecule has 4 aromatic rings. The molecule has 2 unspecified atom stereocenters. The molecule has 0 nitrogen and oxygen atoms in total. The first kappa shape index (κ1) is 38.9. The summed E-state index contributed by atoms with van der Waals surface area (Å²) in [5.41, 5.74) is 20.4. The van der Waals surface area contributed by atoms with Crippen molar-refractivity contribution in [2.45, 2.75) is 60.3 Å². The van der Waals surface area contributed by atoms with Gasteiger partial charge in [0.2, 0.25) is 0 Å². The van der Waals surface area contributed by atoms with Crippen LogP contribution >= 0.6 is 0 Å². The molecule has 58 heavy (non-hydrogen) atoms. The first-order valence-corrected chi connectivity index (χ1v) is 21.1. The summed E-state index contributed by atoms with van der Waals surface area (Å²) in [5.74, 6) is 0.938. The molecular formula is C58H56. The average Bonchev–Trinajstić information content (AvgIpc) is 3.62. The molecule has 4 aliphatic rings. The lowest BCUT2D eigenvalue weighted by atomic mass is 9.64. The number of benzene rings is 4. The number of hydrogen-bond donors (Lipinski definition) is 0. The lowest BCUT2D eigenvalue weighted by molar-refractivity contribution is 0.475. The standard InChI is InChI=1S/C58H56/c1-9-20-43(25-18-22-42(10-2)36-54-41(6)49-30-17-21-40(5)56(49)57(54,7)8)45-26-19-27-46(37-45)47-33-34-51-50-29-14-16-32-53(50)58(55(51)38-47)48(35-39(3)4)28-13-11-23-44-24-12-15-31-52(44)58/h9-20,22-40H,2,21H2,1,3-8H3/b20-9+,22-18-,23-11-,28-13-,42-36+,43-25+,48-35-. The molecule has 4 aromatic carbocycles. The molecule has 8 rings (SSSR count). The molecule has 0 aliphatic heterocycles. The quantitative estimate of drug-likeness (QED) is 0.157. The van der Waals surface area contributed by atoms with Gasteiger partial charge in [-0.25, -0.2) is 0 Å². The Morgan fingerprint density at radius 3 is 2.31 bits per heavy atom. The summed E-state index contributed by atoms with van der Waals surface area (Å²) in [6.45, 7) is 20.3. The third-order valence-electron chi connectivity index (χ3n) is 12.7. The fourth-order valence-corrected chi connectivity index (χ4v) is 10.3. The van der Waals surface area contributed by atoms with Crippen LogP contribution < -0.4 is 0 Å². The van der Waals surface area contributed by atoms with Gasteiger partial charge in [-0.05, 0) is 133 Å². The predicted molar refractivity (Wildman–Crippen MR) is 251 cm³/mol. The van der Waals surface area contributed by atoms with Gasteiger partial charge in [0, 0.05) is 5.41 Å². The molecule has 0 heteroatoms. The highest BCUT2D eigenvalue weighted by molar-refractivity contribution is 5.90. The van der Waals surface area contributed by atoms with Crippen LogP contribution in [0.5, 0.6) is 0 Å². The Morgan fingerprint density at radius 1 is 0.793 bits per heavy atom.